The Hall–Kier alpha value is -2.70. The van der Waals surface area contributed by atoms with E-state index in [9.17, 15) is 18.0 Å². The van der Waals surface area contributed by atoms with Crippen LogP contribution in [-0.4, -0.2) is 20.1 Å². The molecule has 0 bridgehead atoms. The number of benzene rings is 2. The van der Waals surface area contributed by atoms with Crippen LogP contribution < -0.4 is 14.8 Å². The Kier molecular flexibility index (Phi) is 5.33. The number of hydrogen-bond donors (Lipinski definition) is 1. The van der Waals surface area contributed by atoms with Crippen LogP contribution in [0.1, 0.15) is 28.9 Å². The first kappa shape index (κ1) is 17.7. The van der Waals surface area contributed by atoms with E-state index in [2.05, 4.69) is 5.32 Å². The van der Waals surface area contributed by atoms with Gasteiger partial charge in [0.05, 0.1) is 25.8 Å². The summed E-state index contributed by atoms with van der Waals surface area (Å²) in [6, 6.07) is 6.09. The van der Waals surface area contributed by atoms with Crippen LogP contribution in [0.25, 0.3) is 0 Å². The molecule has 0 heterocycles. The number of amides is 1. The van der Waals surface area contributed by atoms with E-state index in [1.807, 2.05) is 0 Å². The van der Waals surface area contributed by atoms with Gasteiger partial charge in [0.2, 0.25) is 0 Å². The van der Waals surface area contributed by atoms with Crippen molar-refractivity contribution in [2.45, 2.75) is 13.0 Å². The third-order valence-corrected chi connectivity index (χ3v) is 3.54. The smallest absolute Gasteiger partial charge is 0.254 e. The van der Waals surface area contributed by atoms with Crippen molar-refractivity contribution in [3.63, 3.8) is 0 Å². The predicted molar refractivity (Wildman–Crippen MR) is 81.7 cm³/mol. The van der Waals surface area contributed by atoms with Crippen LogP contribution in [0.5, 0.6) is 11.5 Å². The van der Waals surface area contributed by atoms with Crippen molar-refractivity contribution in [2.75, 3.05) is 14.2 Å². The molecule has 4 nitrogen and oxygen atoms in total. The summed E-state index contributed by atoms with van der Waals surface area (Å²) in [5, 5.41) is 2.52. The Balaban J connectivity index is 2.22. The fourth-order valence-corrected chi connectivity index (χ4v) is 2.18. The normalized spacial score (nSPS) is 11.8. The van der Waals surface area contributed by atoms with Gasteiger partial charge < -0.3 is 14.8 Å². The van der Waals surface area contributed by atoms with Crippen molar-refractivity contribution in [1.29, 1.82) is 0 Å². The molecule has 0 spiro atoms. The molecule has 2 aromatic carbocycles. The second-order valence-electron chi connectivity index (χ2n) is 5.03. The molecule has 24 heavy (non-hydrogen) atoms. The first-order valence-electron chi connectivity index (χ1n) is 7.05. The molecule has 7 heteroatoms. The van der Waals surface area contributed by atoms with Gasteiger partial charge in [-0.1, -0.05) is 6.07 Å². The molecule has 0 radical (unpaired) electrons. The van der Waals surface area contributed by atoms with Gasteiger partial charge in [0, 0.05) is 0 Å². The molecule has 1 amide bonds. The van der Waals surface area contributed by atoms with E-state index >= 15 is 0 Å². The number of halogens is 3. The number of methoxy groups -OCH3 is 2. The lowest BCUT2D eigenvalue weighted by Gasteiger charge is -2.17. The van der Waals surface area contributed by atoms with E-state index in [0.29, 0.717) is 23.1 Å². The molecule has 2 rings (SSSR count). The summed E-state index contributed by atoms with van der Waals surface area (Å²) in [5.74, 6) is -4.42. The zero-order valence-corrected chi connectivity index (χ0v) is 13.3. The SMILES string of the molecule is COc1ccc([C@H](C)NC(=O)c2ccc(F)c(F)c2F)cc1OC. The molecule has 2 aromatic rings. The lowest BCUT2D eigenvalue weighted by atomic mass is 10.1. The highest BCUT2D eigenvalue weighted by atomic mass is 19.2. The number of nitrogens with one attached hydrogen (secondary N) is 1. The molecule has 1 N–H and O–H groups in total. The van der Waals surface area contributed by atoms with E-state index in [4.69, 9.17) is 9.47 Å². The van der Waals surface area contributed by atoms with Gasteiger partial charge in [-0.25, -0.2) is 13.2 Å². The standard InChI is InChI=1S/C17H16F3NO3/c1-9(10-4-7-13(23-2)14(8-10)24-3)21-17(22)11-5-6-12(18)16(20)15(11)19/h4-9H,1-3H3,(H,21,22)/t9-/m0/s1. The van der Waals surface area contributed by atoms with E-state index in [1.165, 1.54) is 14.2 Å². The largest absolute Gasteiger partial charge is 0.493 e. The molecule has 0 aliphatic carbocycles. The van der Waals surface area contributed by atoms with Crippen molar-refractivity contribution in [2.24, 2.45) is 0 Å². The minimum atomic E-state index is -1.68. The van der Waals surface area contributed by atoms with Crippen molar-refractivity contribution < 1.29 is 27.4 Å². The molecule has 0 saturated heterocycles. The topological polar surface area (TPSA) is 47.6 Å². The fourth-order valence-electron chi connectivity index (χ4n) is 2.18. The second kappa shape index (κ2) is 7.25. The molecule has 0 saturated carbocycles. The van der Waals surface area contributed by atoms with Gasteiger partial charge in [-0.2, -0.15) is 0 Å². The van der Waals surface area contributed by atoms with Crippen LogP contribution >= 0.6 is 0 Å². The van der Waals surface area contributed by atoms with E-state index in [1.54, 1.807) is 25.1 Å². The highest BCUT2D eigenvalue weighted by Crippen LogP contribution is 2.30. The van der Waals surface area contributed by atoms with Gasteiger partial charge >= 0.3 is 0 Å². The molecule has 0 aromatic heterocycles. The van der Waals surface area contributed by atoms with Gasteiger partial charge in [0.25, 0.3) is 5.91 Å². The summed E-state index contributed by atoms with van der Waals surface area (Å²) in [6.07, 6.45) is 0. The number of rotatable bonds is 5. The third kappa shape index (κ3) is 3.45. The maximum absolute atomic E-state index is 13.7. The Morgan fingerprint density at radius 1 is 1.00 bits per heavy atom. The third-order valence-electron chi connectivity index (χ3n) is 3.54. The van der Waals surface area contributed by atoms with E-state index in [-0.39, 0.29) is 0 Å². The monoisotopic (exact) mass is 339 g/mol. The quantitative estimate of drug-likeness (QED) is 0.847. The summed E-state index contributed by atoms with van der Waals surface area (Å²) in [5.41, 5.74) is 0.102. The summed E-state index contributed by atoms with van der Waals surface area (Å²) >= 11 is 0. The maximum atomic E-state index is 13.7. The number of carbonyl (C=O) groups excluding carboxylic acids is 1. The van der Waals surface area contributed by atoms with Gasteiger partial charge in [-0.15, -0.1) is 0 Å². The second-order valence-corrected chi connectivity index (χ2v) is 5.03. The first-order chi connectivity index (χ1) is 11.4. The maximum Gasteiger partial charge on any atom is 0.254 e. The summed E-state index contributed by atoms with van der Waals surface area (Å²) in [7, 11) is 2.97. The van der Waals surface area contributed by atoms with Gasteiger partial charge in [0.1, 0.15) is 0 Å². The molecule has 0 fully saturated rings. The molecule has 0 aliphatic rings. The summed E-state index contributed by atoms with van der Waals surface area (Å²) < 4.78 is 50.1. The molecular weight excluding hydrogens is 323 g/mol. The van der Waals surface area contributed by atoms with Crippen molar-refractivity contribution in [3.8, 4) is 11.5 Å². The zero-order valence-electron chi connectivity index (χ0n) is 13.3. The molecule has 0 aliphatic heterocycles. The van der Waals surface area contributed by atoms with E-state index in [0.717, 1.165) is 6.07 Å². The van der Waals surface area contributed by atoms with E-state index < -0.39 is 35.0 Å². The average molecular weight is 339 g/mol. The Labute approximate surface area is 137 Å². The van der Waals surface area contributed by atoms with Crippen LogP contribution in [-0.2, 0) is 0 Å². The molecule has 0 unspecified atom stereocenters. The number of ether oxygens (including phenoxy) is 2. The predicted octanol–water partition coefficient (Wildman–Crippen LogP) is 3.61. The minimum Gasteiger partial charge on any atom is -0.493 e. The number of carbonyl (C=O) groups is 1. The van der Waals surface area contributed by atoms with Crippen LogP contribution in [0.15, 0.2) is 30.3 Å². The zero-order chi connectivity index (χ0) is 17.9. The van der Waals surface area contributed by atoms with Crippen LogP contribution in [0, 0.1) is 17.5 Å². The Morgan fingerprint density at radius 2 is 1.67 bits per heavy atom. The average Bonchev–Trinajstić information content (AvgIpc) is 2.58. The Bertz CT molecular complexity index is 765. The van der Waals surface area contributed by atoms with Crippen molar-refractivity contribution in [3.05, 3.63) is 58.9 Å². The molecular formula is C17H16F3NO3. The van der Waals surface area contributed by atoms with Crippen LogP contribution in [0.2, 0.25) is 0 Å². The number of hydrogen-bond acceptors (Lipinski definition) is 3. The lowest BCUT2D eigenvalue weighted by Crippen LogP contribution is -2.27. The van der Waals surface area contributed by atoms with Gasteiger partial charge in [-0.05, 0) is 36.8 Å². The highest BCUT2D eigenvalue weighted by Gasteiger charge is 2.20. The van der Waals surface area contributed by atoms with Crippen molar-refractivity contribution >= 4 is 5.91 Å². The minimum absolute atomic E-state index is 0.468. The molecule has 1 atom stereocenters. The molecule has 128 valence electrons. The lowest BCUT2D eigenvalue weighted by molar-refractivity contribution is 0.0934. The summed E-state index contributed by atoms with van der Waals surface area (Å²) in [4.78, 5) is 12.1. The van der Waals surface area contributed by atoms with Crippen LogP contribution in [0.3, 0.4) is 0 Å². The van der Waals surface area contributed by atoms with Gasteiger partial charge in [-0.3, -0.25) is 4.79 Å². The highest BCUT2D eigenvalue weighted by molar-refractivity contribution is 5.94. The van der Waals surface area contributed by atoms with Crippen LogP contribution in [0.4, 0.5) is 13.2 Å². The summed E-state index contributed by atoms with van der Waals surface area (Å²) in [6.45, 7) is 1.66. The van der Waals surface area contributed by atoms with Gasteiger partial charge in [0.15, 0.2) is 29.0 Å². The first-order valence-corrected chi connectivity index (χ1v) is 7.05. The fraction of sp³-hybridized carbons (Fsp3) is 0.235. The Morgan fingerprint density at radius 3 is 2.29 bits per heavy atom. The van der Waals surface area contributed by atoms with Crippen molar-refractivity contribution in [1.82, 2.24) is 5.32 Å².